The second-order valence-corrected chi connectivity index (χ2v) is 20.0. The van der Waals surface area contributed by atoms with Crippen molar-refractivity contribution in [1.29, 1.82) is 0 Å². The first kappa shape index (κ1) is 46.8. The molecule has 0 saturated carbocycles. The zero-order chi connectivity index (χ0) is 49.0. The average Bonchev–Trinajstić information content (AvgIpc) is 4.01. The number of nitrogens with zero attached hydrogens (tertiary/aromatic N) is 4. The van der Waals surface area contributed by atoms with Gasteiger partial charge in [-0.15, -0.1) is 17.7 Å². The molecule has 1 aliphatic rings. The molecule has 0 spiro atoms. The molecule has 10 aromatic carbocycles. The van der Waals surface area contributed by atoms with Crippen molar-refractivity contribution in [3.8, 4) is 39.2 Å². The molecule has 0 atom stereocenters. The van der Waals surface area contributed by atoms with Crippen LogP contribution < -0.4 is 26.2 Å². The summed E-state index contributed by atoms with van der Waals surface area (Å²) in [7, 11) is 0. The van der Waals surface area contributed by atoms with Gasteiger partial charge in [0.15, 0.2) is 6.71 Å². The minimum atomic E-state index is -0.275. The SMILES string of the molecule is CC(C)(C)c1cccc(-c2ccccc2)c1B(c1[c-]c(N2[CH-]N(c3c(-c4ccccc4)cccc3-c3ccccc3)c3c2ccc2ccccc32)ccc1)c1[c-]c2c(cc1)c1ccccc1n2-c1ccccn1.[Pt]. The van der Waals surface area contributed by atoms with Crippen molar-refractivity contribution in [2.75, 3.05) is 9.80 Å². The van der Waals surface area contributed by atoms with Crippen LogP contribution in [-0.2, 0) is 26.5 Å². The van der Waals surface area contributed by atoms with E-state index in [-0.39, 0.29) is 33.2 Å². The third-order valence-electron chi connectivity index (χ3n) is 14.5. The molecule has 13 rings (SSSR count). The van der Waals surface area contributed by atoms with E-state index in [1.165, 1.54) is 38.3 Å². The molecule has 2 aromatic heterocycles. The van der Waals surface area contributed by atoms with Gasteiger partial charge in [0.2, 0.25) is 0 Å². The van der Waals surface area contributed by atoms with Crippen LogP contribution in [0.25, 0.3) is 71.8 Å². The maximum absolute atomic E-state index is 4.90. The molecule has 0 radical (unpaired) electrons. The molecule has 6 heteroatoms. The molecule has 0 aliphatic carbocycles. The summed E-state index contributed by atoms with van der Waals surface area (Å²) in [4.78, 5) is 9.68. The van der Waals surface area contributed by atoms with E-state index < -0.39 is 0 Å². The van der Waals surface area contributed by atoms with Crippen molar-refractivity contribution in [3.05, 3.63) is 267 Å². The Morgan fingerprint density at radius 3 is 1.74 bits per heavy atom. The summed E-state index contributed by atoms with van der Waals surface area (Å²) in [6.07, 6.45) is 1.87. The molecule has 0 bridgehead atoms. The number of rotatable bonds is 9. The maximum atomic E-state index is 4.90. The van der Waals surface area contributed by atoms with Gasteiger partial charge in [-0.2, -0.15) is 53.4 Å². The number of aromatic nitrogens is 2. The third kappa shape index (κ3) is 8.13. The predicted octanol–water partition coefficient (Wildman–Crippen LogP) is 15.2. The Balaban J connectivity index is 0.00000556. The fourth-order valence-electron chi connectivity index (χ4n) is 11.3. The zero-order valence-corrected chi connectivity index (χ0v) is 43.6. The van der Waals surface area contributed by atoms with Gasteiger partial charge in [0.1, 0.15) is 5.82 Å². The van der Waals surface area contributed by atoms with Crippen molar-refractivity contribution in [1.82, 2.24) is 9.55 Å². The van der Waals surface area contributed by atoms with E-state index >= 15 is 0 Å². The van der Waals surface area contributed by atoms with Gasteiger partial charge in [-0.1, -0.05) is 214 Å². The van der Waals surface area contributed by atoms with E-state index in [1.807, 2.05) is 12.3 Å². The molecule has 0 amide bonds. The maximum Gasteiger partial charge on any atom is 0.192 e. The first-order chi connectivity index (χ1) is 35.9. The van der Waals surface area contributed by atoms with Gasteiger partial charge in [-0.05, 0) is 68.3 Å². The quantitative estimate of drug-likeness (QED) is 0.106. The zero-order valence-electron chi connectivity index (χ0n) is 41.4. The van der Waals surface area contributed by atoms with Gasteiger partial charge >= 0.3 is 0 Å². The smallest absolute Gasteiger partial charge is 0.192 e. The molecular formula is C68H50BN4Pt-3. The number of para-hydroxylation sites is 2. The second kappa shape index (κ2) is 19.3. The molecule has 1 aliphatic heterocycles. The molecule has 74 heavy (non-hydrogen) atoms. The molecule has 0 unspecified atom stereocenters. The summed E-state index contributed by atoms with van der Waals surface area (Å²) in [6.45, 7) is 9.00. The second-order valence-electron chi connectivity index (χ2n) is 20.0. The van der Waals surface area contributed by atoms with Crippen LogP contribution in [0, 0.1) is 18.8 Å². The Morgan fingerprint density at radius 2 is 1.05 bits per heavy atom. The summed E-state index contributed by atoms with van der Waals surface area (Å²) in [6, 6.07) is 93.5. The van der Waals surface area contributed by atoms with Crippen molar-refractivity contribution < 1.29 is 21.1 Å². The van der Waals surface area contributed by atoms with Gasteiger partial charge in [-0.25, -0.2) is 4.98 Å². The van der Waals surface area contributed by atoms with Gasteiger partial charge in [0.05, 0.1) is 0 Å². The summed E-state index contributed by atoms with van der Waals surface area (Å²) >= 11 is 0. The Kier molecular flexibility index (Phi) is 12.2. The number of fused-ring (bicyclic) bond motifs is 6. The van der Waals surface area contributed by atoms with Crippen molar-refractivity contribution in [2.45, 2.75) is 26.2 Å². The van der Waals surface area contributed by atoms with E-state index in [0.29, 0.717) is 0 Å². The van der Waals surface area contributed by atoms with Crippen LogP contribution in [0.2, 0.25) is 0 Å². The number of hydrogen-bond donors (Lipinski definition) is 0. The van der Waals surface area contributed by atoms with Gasteiger partial charge in [-0.3, -0.25) is 0 Å². The molecule has 0 saturated heterocycles. The Labute approximate surface area is 448 Å². The Hall–Kier alpha value is -8.24. The fourth-order valence-corrected chi connectivity index (χ4v) is 11.3. The normalized spacial score (nSPS) is 12.3. The topological polar surface area (TPSA) is 24.3 Å². The summed E-state index contributed by atoms with van der Waals surface area (Å²) in [5, 5.41) is 4.65. The van der Waals surface area contributed by atoms with E-state index in [4.69, 9.17) is 4.98 Å². The summed E-state index contributed by atoms with van der Waals surface area (Å²) in [5.74, 6) is 0.858. The number of benzene rings is 10. The fraction of sp³-hybridized carbons (Fsp3) is 0.0588. The van der Waals surface area contributed by atoms with Gasteiger partial charge < -0.3 is 14.4 Å². The third-order valence-corrected chi connectivity index (χ3v) is 14.5. The van der Waals surface area contributed by atoms with Crippen molar-refractivity contribution in [2.24, 2.45) is 0 Å². The average molecular weight is 1130 g/mol. The standard InChI is InChI=1S/C68H50BN4.Pt/c1-68(2,3)60-36-21-33-54(47-22-7-4-8-23-47)65(60)69(52-40-41-59-58-32-15-16-37-61(58)73(63(59)45-52)64-38-17-18-43-70-64)51-29-19-30-53(44-51)71-46-72(67-57-31-14-13-28-50(57)39-42-62(67)71)66-55(48-24-9-5-10-25-48)34-20-35-56(66)49-26-11-6-12-27-49;/h4-43,46H,1-3H3;/q-3;. The van der Waals surface area contributed by atoms with Crippen LogP contribution in [0.5, 0.6) is 0 Å². The van der Waals surface area contributed by atoms with Gasteiger partial charge in [0, 0.05) is 66.4 Å². The van der Waals surface area contributed by atoms with E-state index in [9.17, 15) is 0 Å². The Morgan fingerprint density at radius 1 is 0.459 bits per heavy atom. The minimum Gasteiger partial charge on any atom is -0.493 e. The van der Waals surface area contributed by atoms with Crippen LogP contribution in [0.3, 0.4) is 0 Å². The molecule has 358 valence electrons. The number of pyridine rings is 1. The van der Waals surface area contributed by atoms with Crippen LogP contribution in [-0.4, -0.2) is 16.3 Å². The first-order valence-corrected chi connectivity index (χ1v) is 25.2. The van der Waals surface area contributed by atoms with Gasteiger partial charge in [0.25, 0.3) is 0 Å². The van der Waals surface area contributed by atoms with Crippen molar-refractivity contribution in [3.63, 3.8) is 0 Å². The molecule has 0 N–H and O–H groups in total. The van der Waals surface area contributed by atoms with Crippen LogP contribution in [0.1, 0.15) is 26.3 Å². The summed E-state index contributed by atoms with van der Waals surface area (Å²) < 4.78 is 2.27. The molecule has 4 nitrogen and oxygen atoms in total. The largest absolute Gasteiger partial charge is 0.493 e. The van der Waals surface area contributed by atoms with Crippen molar-refractivity contribution >= 4 is 78.4 Å². The number of hydrogen-bond acceptors (Lipinski definition) is 3. The molecule has 0 fully saturated rings. The number of anilines is 4. The van der Waals surface area contributed by atoms with Crippen LogP contribution in [0.4, 0.5) is 22.7 Å². The Bertz CT molecular complexity index is 3940. The van der Waals surface area contributed by atoms with E-state index in [0.717, 1.165) is 78.2 Å². The van der Waals surface area contributed by atoms with E-state index in [2.05, 4.69) is 284 Å². The first-order valence-electron chi connectivity index (χ1n) is 25.2. The van der Waals surface area contributed by atoms with E-state index in [1.54, 1.807) is 0 Å². The summed E-state index contributed by atoms with van der Waals surface area (Å²) in [5.41, 5.74) is 17.7. The van der Waals surface area contributed by atoms with Crippen LogP contribution >= 0.6 is 0 Å². The monoisotopic (exact) mass is 1130 g/mol. The predicted molar refractivity (Wildman–Crippen MR) is 308 cm³/mol. The van der Waals surface area contributed by atoms with Crippen LogP contribution in [0.15, 0.2) is 243 Å². The molecule has 12 aromatic rings. The minimum absolute atomic E-state index is 0. The molecular weight excluding hydrogens is 1080 g/mol. The molecule has 3 heterocycles.